The van der Waals surface area contributed by atoms with Gasteiger partial charge in [0.15, 0.2) is 0 Å². The van der Waals surface area contributed by atoms with Crippen molar-refractivity contribution in [3.8, 4) is 0 Å². The molecule has 0 spiro atoms. The Balaban J connectivity index is 2.38. The molecule has 1 aromatic carbocycles. The SMILES string of the molecule is CCC(=O)[O][Hg][c]1ccccc1. The number of benzene rings is 1. The van der Waals surface area contributed by atoms with E-state index in [1.807, 2.05) is 37.3 Å². The molecule has 0 aliphatic carbocycles. The standard InChI is InChI=1S/C6H5.C3H6O2.Hg/c1-2-4-6-5-3-1;1-2-3(4)5;/h1-5H;2H2,1H3,(H,4,5);/q;;+1/p-1. The predicted molar refractivity (Wildman–Crippen MR) is 42.5 cm³/mol. The number of rotatable bonds is 3. The van der Waals surface area contributed by atoms with Crippen molar-refractivity contribution in [1.29, 1.82) is 0 Å². The molecule has 0 atom stereocenters. The van der Waals surface area contributed by atoms with Crippen LogP contribution in [0, 0.1) is 0 Å². The summed E-state index contributed by atoms with van der Waals surface area (Å²) in [5.41, 5.74) is 0. The van der Waals surface area contributed by atoms with Crippen LogP contribution in [0.15, 0.2) is 30.3 Å². The first-order valence-electron chi connectivity index (χ1n) is 4.02. The number of hydrogen-bond donors (Lipinski definition) is 0. The molecule has 0 heterocycles. The van der Waals surface area contributed by atoms with E-state index in [4.69, 9.17) is 2.64 Å². The van der Waals surface area contributed by atoms with Crippen LogP contribution in [0.3, 0.4) is 0 Å². The summed E-state index contributed by atoms with van der Waals surface area (Å²) < 4.78 is 6.41. The van der Waals surface area contributed by atoms with E-state index in [9.17, 15) is 4.79 Å². The fourth-order valence-corrected chi connectivity index (χ4v) is 4.71. The van der Waals surface area contributed by atoms with Crippen LogP contribution in [0.5, 0.6) is 0 Å². The van der Waals surface area contributed by atoms with E-state index >= 15 is 0 Å². The van der Waals surface area contributed by atoms with Gasteiger partial charge in [-0.05, 0) is 0 Å². The van der Waals surface area contributed by atoms with E-state index in [1.54, 1.807) is 0 Å². The van der Waals surface area contributed by atoms with E-state index in [0.29, 0.717) is 6.42 Å². The van der Waals surface area contributed by atoms with Crippen LogP contribution in [0.1, 0.15) is 13.3 Å². The van der Waals surface area contributed by atoms with Crippen molar-refractivity contribution >= 4 is 9.04 Å². The van der Waals surface area contributed by atoms with Crippen LogP contribution in [-0.4, -0.2) is 5.97 Å². The molecule has 0 aliphatic heterocycles. The third kappa shape index (κ3) is 3.35. The summed E-state index contributed by atoms with van der Waals surface area (Å²) >= 11 is -1.54. The molecular formula is C9H10HgO2. The molecular weight excluding hydrogens is 341 g/mol. The molecule has 0 saturated carbocycles. The normalized spacial score (nSPS) is 8.75. The Kier molecular flexibility index (Phi) is 4.29. The molecule has 3 heteroatoms. The number of hydrogen-bond acceptors (Lipinski definition) is 2. The third-order valence-corrected chi connectivity index (χ3v) is 6.47. The van der Waals surface area contributed by atoms with Crippen LogP contribution in [0.4, 0.5) is 0 Å². The molecule has 2 nitrogen and oxygen atoms in total. The predicted octanol–water partition coefficient (Wildman–Crippen LogP) is 1.26. The molecule has 0 fully saturated rings. The topological polar surface area (TPSA) is 26.3 Å². The Labute approximate surface area is 85.0 Å². The van der Waals surface area contributed by atoms with Gasteiger partial charge < -0.3 is 0 Å². The molecule has 1 rings (SSSR count). The second kappa shape index (κ2) is 5.30. The maximum absolute atomic E-state index is 10.8. The third-order valence-electron chi connectivity index (χ3n) is 1.53. The number of carbonyl (C=O) groups excluding carboxylic acids is 1. The van der Waals surface area contributed by atoms with Crippen LogP contribution >= 0.6 is 0 Å². The van der Waals surface area contributed by atoms with E-state index in [1.165, 1.54) is 3.07 Å². The van der Waals surface area contributed by atoms with Crippen LogP contribution in [0.2, 0.25) is 0 Å². The van der Waals surface area contributed by atoms with E-state index in [0.717, 1.165) is 0 Å². The van der Waals surface area contributed by atoms with Crippen molar-refractivity contribution in [2.45, 2.75) is 13.3 Å². The fourth-order valence-electron chi connectivity index (χ4n) is 0.840. The molecule has 0 amide bonds. The molecule has 12 heavy (non-hydrogen) atoms. The summed E-state index contributed by atoms with van der Waals surface area (Å²) in [6.45, 7) is 1.82. The van der Waals surface area contributed by atoms with E-state index < -0.39 is 25.0 Å². The van der Waals surface area contributed by atoms with Gasteiger partial charge >= 0.3 is 85.2 Å². The van der Waals surface area contributed by atoms with Crippen molar-refractivity contribution in [1.82, 2.24) is 0 Å². The molecule has 0 radical (unpaired) electrons. The molecule has 0 aromatic heterocycles. The first kappa shape index (κ1) is 9.71. The average molecular weight is 351 g/mol. The van der Waals surface area contributed by atoms with Crippen molar-refractivity contribution < 1.29 is 32.5 Å². The number of carbonyl (C=O) groups is 1. The monoisotopic (exact) mass is 352 g/mol. The average Bonchev–Trinajstić information content (AvgIpc) is 2.16. The first-order valence-corrected chi connectivity index (χ1v) is 9.02. The Morgan fingerprint density at radius 3 is 2.67 bits per heavy atom. The Morgan fingerprint density at radius 2 is 2.08 bits per heavy atom. The van der Waals surface area contributed by atoms with Gasteiger partial charge in [0.25, 0.3) is 0 Å². The molecule has 0 saturated heterocycles. The summed E-state index contributed by atoms with van der Waals surface area (Å²) in [5, 5.41) is 0. The summed E-state index contributed by atoms with van der Waals surface area (Å²) in [5.74, 6) is -0.0551. The van der Waals surface area contributed by atoms with Gasteiger partial charge in [-0.15, -0.1) is 0 Å². The van der Waals surface area contributed by atoms with Gasteiger partial charge in [-0.3, -0.25) is 0 Å². The quantitative estimate of drug-likeness (QED) is 0.767. The van der Waals surface area contributed by atoms with E-state index in [-0.39, 0.29) is 5.97 Å². The molecule has 60 valence electrons. The molecule has 0 unspecified atom stereocenters. The van der Waals surface area contributed by atoms with Gasteiger partial charge in [0.2, 0.25) is 0 Å². The van der Waals surface area contributed by atoms with Crippen LogP contribution in [0.25, 0.3) is 0 Å². The van der Waals surface area contributed by atoms with E-state index in [2.05, 4.69) is 0 Å². The molecule has 0 bridgehead atoms. The van der Waals surface area contributed by atoms with Crippen LogP contribution in [-0.2, 0) is 32.5 Å². The summed E-state index contributed by atoms with van der Waals surface area (Å²) in [7, 11) is 0. The first-order chi connectivity index (χ1) is 5.83. The fraction of sp³-hybridized carbons (Fsp3) is 0.222. The van der Waals surface area contributed by atoms with Gasteiger partial charge in [-0.25, -0.2) is 0 Å². The van der Waals surface area contributed by atoms with Gasteiger partial charge in [0.1, 0.15) is 0 Å². The van der Waals surface area contributed by atoms with Crippen LogP contribution < -0.4 is 3.07 Å². The van der Waals surface area contributed by atoms with Gasteiger partial charge in [-0.1, -0.05) is 0 Å². The molecule has 1 aromatic rings. The Bertz CT molecular complexity index is 246. The van der Waals surface area contributed by atoms with Crippen molar-refractivity contribution in [2.24, 2.45) is 0 Å². The van der Waals surface area contributed by atoms with Crippen molar-refractivity contribution in [3.63, 3.8) is 0 Å². The zero-order chi connectivity index (χ0) is 8.81. The van der Waals surface area contributed by atoms with Gasteiger partial charge in [0.05, 0.1) is 0 Å². The minimum atomic E-state index is -1.54. The Morgan fingerprint density at radius 1 is 1.42 bits per heavy atom. The minimum absolute atomic E-state index is 0.0551. The molecule has 0 aliphatic rings. The summed E-state index contributed by atoms with van der Waals surface area (Å²) in [4.78, 5) is 10.8. The zero-order valence-corrected chi connectivity index (χ0v) is 12.6. The molecule has 0 N–H and O–H groups in total. The summed E-state index contributed by atoms with van der Waals surface area (Å²) in [6, 6.07) is 10.00. The maximum atomic E-state index is 10.8. The van der Waals surface area contributed by atoms with Gasteiger partial charge in [-0.2, -0.15) is 0 Å². The van der Waals surface area contributed by atoms with Crippen molar-refractivity contribution in [2.75, 3.05) is 0 Å². The zero-order valence-electron chi connectivity index (χ0n) is 7.12. The van der Waals surface area contributed by atoms with Crippen molar-refractivity contribution in [3.05, 3.63) is 30.3 Å². The second-order valence-corrected chi connectivity index (χ2v) is 7.92. The summed E-state index contributed by atoms with van der Waals surface area (Å²) in [6.07, 6.45) is 0.493. The van der Waals surface area contributed by atoms with Gasteiger partial charge in [0, 0.05) is 0 Å². The Hall–Kier alpha value is -0.375. The second-order valence-electron chi connectivity index (χ2n) is 2.50.